The minimum Gasteiger partial charge on any atom is -0.388 e. The molecule has 4 rings (SSSR count). The van der Waals surface area contributed by atoms with Crippen LogP contribution < -0.4 is 10.6 Å². The van der Waals surface area contributed by atoms with Gasteiger partial charge in [-0.3, -0.25) is 4.79 Å². The minimum atomic E-state index is -0.460. The number of benzene rings is 1. The number of fused-ring (bicyclic) bond motifs is 3. The molecule has 4 heteroatoms. The predicted molar refractivity (Wildman–Crippen MR) is 77.9 cm³/mol. The quantitative estimate of drug-likeness (QED) is 0.830. The average molecular weight is 265 g/mol. The Morgan fingerprint density at radius 3 is 2.95 bits per heavy atom. The lowest BCUT2D eigenvalue weighted by Gasteiger charge is -2.20. The number of amides is 1. The van der Waals surface area contributed by atoms with Crippen molar-refractivity contribution in [3.05, 3.63) is 53.2 Å². The zero-order valence-corrected chi connectivity index (χ0v) is 11.2. The summed E-state index contributed by atoms with van der Waals surface area (Å²) in [5.74, 6) is 0.799. The summed E-state index contributed by atoms with van der Waals surface area (Å²) in [6.45, 7) is 0. The highest BCUT2D eigenvalue weighted by Gasteiger charge is 2.50. The lowest BCUT2D eigenvalue weighted by molar-refractivity contribution is -0.120. The predicted octanol–water partition coefficient (Wildman–Crippen LogP) is 2.11. The molecule has 20 heavy (non-hydrogen) atoms. The van der Waals surface area contributed by atoms with Crippen LogP contribution in [-0.2, 0) is 23.1 Å². The summed E-state index contributed by atoms with van der Waals surface area (Å²) in [5, 5.41) is 6.08. The number of pyridine rings is 1. The molecule has 0 unspecified atom stereocenters. The van der Waals surface area contributed by atoms with E-state index in [1.165, 1.54) is 11.1 Å². The van der Waals surface area contributed by atoms with E-state index < -0.39 is 5.41 Å². The Balaban J connectivity index is 1.83. The first-order chi connectivity index (χ1) is 9.73. The van der Waals surface area contributed by atoms with E-state index in [9.17, 15) is 4.79 Å². The Bertz CT molecular complexity index is 725. The van der Waals surface area contributed by atoms with Gasteiger partial charge in [-0.25, -0.2) is 4.98 Å². The molecule has 2 heterocycles. The third kappa shape index (κ3) is 1.36. The molecule has 100 valence electrons. The summed E-state index contributed by atoms with van der Waals surface area (Å²) >= 11 is 0. The van der Waals surface area contributed by atoms with E-state index in [0.717, 1.165) is 29.9 Å². The summed E-state index contributed by atoms with van der Waals surface area (Å²) in [7, 11) is 1.91. The maximum Gasteiger partial charge on any atom is 0.237 e. The van der Waals surface area contributed by atoms with Crippen LogP contribution in [0.4, 0.5) is 11.5 Å². The molecule has 1 atom stereocenters. The van der Waals surface area contributed by atoms with Crippen molar-refractivity contribution >= 4 is 17.4 Å². The molecule has 1 aliphatic carbocycles. The molecule has 1 aromatic carbocycles. The van der Waals surface area contributed by atoms with Gasteiger partial charge >= 0.3 is 0 Å². The van der Waals surface area contributed by atoms with Crippen molar-refractivity contribution in [1.29, 1.82) is 0 Å². The molecule has 2 aliphatic rings. The summed E-state index contributed by atoms with van der Waals surface area (Å²) < 4.78 is 0. The normalized spacial score (nSPS) is 22.6. The summed E-state index contributed by atoms with van der Waals surface area (Å²) in [5.41, 5.74) is 4.18. The number of nitrogens with zero attached hydrogens (tertiary/aromatic N) is 1. The van der Waals surface area contributed by atoms with Gasteiger partial charge in [0.1, 0.15) is 5.82 Å². The SMILES string of the molecule is CNc1ccc2c(c1)C[C@]1(C2)C(=O)Nc2ncccc21. The van der Waals surface area contributed by atoms with Crippen LogP contribution in [0.15, 0.2) is 36.5 Å². The monoisotopic (exact) mass is 265 g/mol. The second kappa shape index (κ2) is 3.82. The van der Waals surface area contributed by atoms with E-state index in [2.05, 4.69) is 33.8 Å². The minimum absolute atomic E-state index is 0.0772. The highest BCUT2D eigenvalue weighted by Crippen LogP contribution is 2.46. The number of rotatable bonds is 1. The zero-order valence-electron chi connectivity index (χ0n) is 11.2. The van der Waals surface area contributed by atoms with E-state index in [0.29, 0.717) is 0 Å². The fourth-order valence-electron chi connectivity index (χ4n) is 3.42. The second-order valence-electron chi connectivity index (χ2n) is 5.52. The molecule has 1 spiro atoms. The van der Waals surface area contributed by atoms with E-state index in [1.54, 1.807) is 6.20 Å². The van der Waals surface area contributed by atoms with Gasteiger partial charge in [0.15, 0.2) is 0 Å². The van der Waals surface area contributed by atoms with Gasteiger partial charge in [-0.2, -0.15) is 0 Å². The number of hydrogen-bond donors (Lipinski definition) is 2. The van der Waals surface area contributed by atoms with Gasteiger partial charge in [0, 0.05) is 24.5 Å². The lowest BCUT2D eigenvalue weighted by atomic mass is 9.79. The molecule has 1 aliphatic heterocycles. The molecule has 2 aromatic rings. The molecule has 1 aromatic heterocycles. The highest BCUT2D eigenvalue weighted by molar-refractivity contribution is 6.06. The van der Waals surface area contributed by atoms with Crippen molar-refractivity contribution in [2.24, 2.45) is 0 Å². The molecule has 0 saturated carbocycles. The fourth-order valence-corrected chi connectivity index (χ4v) is 3.42. The van der Waals surface area contributed by atoms with Crippen molar-refractivity contribution < 1.29 is 4.79 Å². The number of nitrogens with one attached hydrogen (secondary N) is 2. The van der Waals surface area contributed by atoms with Gasteiger partial charge in [-0.15, -0.1) is 0 Å². The van der Waals surface area contributed by atoms with Crippen molar-refractivity contribution in [2.75, 3.05) is 17.7 Å². The summed E-state index contributed by atoms with van der Waals surface area (Å²) in [6.07, 6.45) is 3.23. The van der Waals surface area contributed by atoms with E-state index in [4.69, 9.17) is 0 Å². The van der Waals surface area contributed by atoms with Crippen LogP contribution in [0.1, 0.15) is 16.7 Å². The third-order valence-corrected chi connectivity index (χ3v) is 4.47. The Kier molecular flexibility index (Phi) is 2.19. The van der Waals surface area contributed by atoms with E-state index in [1.807, 2.05) is 19.2 Å². The third-order valence-electron chi connectivity index (χ3n) is 4.47. The standard InChI is InChI=1S/C16H15N3O/c1-17-12-5-4-10-8-16(9-11(10)7-12)13-3-2-6-18-14(13)19-15(16)20/h2-7,17H,8-9H2,1H3,(H,18,19,20)/t16-/m0/s1. The van der Waals surface area contributed by atoms with Crippen LogP contribution in [0.25, 0.3) is 0 Å². The Morgan fingerprint density at radius 1 is 1.25 bits per heavy atom. The molecular formula is C16H15N3O. The van der Waals surface area contributed by atoms with E-state index in [-0.39, 0.29) is 5.91 Å². The van der Waals surface area contributed by atoms with Gasteiger partial charge < -0.3 is 10.6 Å². The summed E-state index contributed by atoms with van der Waals surface area (Å²) in [6, 6.07) is 10.3. The number of anilines is 2. The fraction of sp³-hybridized carbons (Fsp3) is 0.250. The molecule has 0 saturated heterocycles. The smallest absolute Gasteiger partial charge is 0.237 e. The average Bonchev–Trinajstić information content (AvgIpc) is 2.98. The van der Waals surface area contributed by atoms with Gasteiger partial charge in [-0.1, -0.05) is 12.1 Å². The van der Waals surface area contributed by atoms with Gasteiger partial charge in [0.05, 0.1) is 5.41 Å². The Labute approximate surface area is 117 Å². The molecule has 0 bridgehead atoms. The van der Waals surface area contributed by atoms with Crippen LogP contribution in [0.2, 0.25) is 0 Å². The maximum atomic E-state index is 12.5. The van der Waals surface area contributed by atoms with Crippen molar-refractivity contribution in [3.8, 4) is 0 Å². The number of hydrogen-bond acceptors (Lipinski definition) is 3. The van der Waals surface area contributed by atoms with Crippen molar-refractivity contribution in [3.63, 3.8) is 0 Å². The van der Waals surface area contributed by atoms with Gasteiger partial charge in [-0.05, 0) is 42.2 Å². The van der Waals surface area contributed by atoms with E-state index >= 15 is 0 Å². The molecule has 0 radical (unpaired) electrons. The van der Waals surface area contributed by atoms with Crippen molar-refractivity contribution in [1.82, 2.24) is 4.98 Å². The molecule has 2 N–H and O–H groups in total. The van der Waals surface area contributed by atoms with Gasteiger partial charge in [0.25, 0.3) is 0 Å². The molecule has 1 amide bonds. The number of aromatic nitrogens is 1. The topological polar surface area (TPSA) is 54.0 Å². The molecular weight excluding hydrogens is 250 g/mol. The van der Waals surface area contributed by atoms with Crippen molar-refractivity contribution in [2.45, 2.75) is 18.3 Å². The molecule has 4 nitrogen and oxygen atoms in total. The van der Waals surface area contributed by atoms with Gasteiger partial charge in [0.2, 0.25) is 5.91 Å². The van der Waals surface area contributed by atoms with Crippen LogP contribution in [-0.4, -0.2) is 17.9 Å². The summed E-state index contributed by atoms with van der Waals surface area (Å²) in [4.78, 5) is 16.8. The van der Waals surface area contributed by atoms with Crippen LogP contribution in [0.3, 0.4) is 0 Å². The first kappa shape index (κ1) is 11.5. The molecule has 0 fully saturated rings. The van der Waals surface area contributed by atoms with Crippen LogP contribution in [0.5, 0.6) is 0 Å². The lowest BCUT2D eigenvalue weighted by Crippen LogP contribution is -2.35. The first-order valence-corrected chi connectivity index (χ1v) is 6.79. The number of carbonyl (C=O) groups excluding carboxylic acids is 1. The van der Waals surface area contributed by atoms with Crippen LogP contribution >= 0.6 is 0 Å². The second-order valence-corrected chi connectivity index (χ2v) is 5.52. The number of carbonyl (C=O) groups is 1. The Morgan fingerprint density at radius 2 is 2.10 bits per heavy atom. The zero-order chi connectivity index (χ0) is 13.7. The highest BCUT2D eigenvalue weighted by atomic mass is 16.2. The Hall–Kier alpha value is -2.36. The van der Waals surface area contributed by atoms with Crippen LogP contribution in [0, 0.1) is 0 Å². The maximum absolute atomic E-state index is 12.5. The largest absolute Gasteiger partial charge is 0.388 e. The first-order valence-electron chi connectivity index (χ1n) is 6.79.